The van der Waals surface area contributed by atoms with Gasteiger partial charge in [0.25, 0.3) is 5.89 Å². The van der Waals surface area contributed by atoms with E-state index in [1.165, 1.54) is 0 Å². The maximum atomic E-state index is 12.0. The van der Waals surface area contributed by atoms with E-state index in [0.29, 0.717) is 36.2 Å². The molecule has 128 valence electrons. The van der Waals surface area contributed by atoms with Gasteiger partial charge in [-0.3, -0.25) is 9.78 Å². The number of hydrogen-bond acceptors (Lipinski definition) is 6. The monoisotopic (exact) mass is 338 g/mol. The average Bonchev–Trinajstić information content (AvgIpc) is 3.12. The highest BCUT2D eigenvalue weighted by molar-refractivity contribution is 5.90. The van der Waals surface area contributed by atoms with Gasteiger partial charge < -0.3 is 14.5 Å². The Morgan fingerprint density at radius 3 is 2.72 bits per heavy atom. The number of pyridine rings is 1. The van der Waals surface area contributed by atoms with Crippen LogP contribution in [-0.2, 0) is 11.2 Å². The fourth-order valence-electron chi connectivity index (χ4n) is 2.19. The van der Waals surface area contributed by atoms with E-state index in [1.807, 2.05) is 31.2 Å². The molecule has 0 unspecified atom stereocenters. The molecule has 1 aromatic carbocycles. The molecule has 25 heavy (non-hydrogen) atoms. The number of rotatable bonds is 7. The second-order valence-corrected chi connectivity index (χ2v) is 5.22. The molecule has 0 fully saturated rings. The maximum absolute atomic E-state index is 12.0. The largest absolute Gasteiger partial charge is 0.494 e. The molecule has 2 aromatic heterocycles. The number of aryl methyl sites for hydroxylation is 1. The van der Waals surface area contributed by atoms with Gasteiger partial charge in [0.1, 0.15) is 11.4 Å². The average molecular weight is 338 g/mol. The molecule has 0 bridgehead atoms. The first-order valence-electron chi connectivity index (χ1n) is 8.01. The molecule has 0 aliphatic heterocycles. The SMILES string of the molecule is CCOc1ccc(NC(=O)CCc2nnc(-c3ccccn3)o2)cc1. The summed E-state index contributed by atoms with van der Waals surface area (Å²) in [6, 6.07) is 12.7. The van der Waals surface area contributed by atoms with Gasteiger partial charge in [0.15, 0.2) is 0 Å². The number of anilines is 1. The Balaban J connectivity index is 1.51. The molecule has 0 atom stereocenters. The first-order valence-corrected chi connectivity index (χ1v) is 8.01. The van der Waals surface area contributed by atoms with Crippen molar-refractivity contribution in [1.29, 1.82) is 0 Å². The summed E-state index contributed by atoms with van der Waals surface area (Å²) in [5.74, 6) is 1.40. The van der Waals surface area contributed by atoms with Crippen LogP contribution in [0.2, 0.25) is 0 Å². The summed E-state index contributed by atoms with van der Waals surface area (Å²) in [6.07, 6.45) is 2.27. The zero-order chi connectivity index (χ0) is 17.5. The quantitative estimate of drug-likeness (QED) is 0.712. The van der Waals surface area contributed by atoms with Gasteiger partial charge in [-0.2, -0.15) is 0 Å². The van der Waals surface area contributed by atoms with E-state index in [9.17, 15) is 4.79 Å². The molecule has 0 saturated heterocycles. The Kier molecular flexibility index (Phi) is 5.36. The van der Waals surface area contributed by atoms with E-state index in [0.717, 1.165) is 5.75 Å². The standard InChI is InChI=1S/C18H18N4O3/c1-2-24-14-8-6-13(7-9-14)20-16(23)10-11-17-21-22-18(25-17)15-5-3-4-12-19-15/h3-9,12H,2,10-11H2,1H3,(H,20,23). The number of carbonyl (C=O) groups excluding carboxylic acids is 1. The summed E-state index contributed by atoms with van der Waals surface area (Å²) in [6.45, 7) is 2.53. The molecule has 0 spiro atoms. The van der Waals surface area contributed by atoms with Crippen molar-refractivity contribution in [3.8, 4) is 17.3 Å². The minimum Gasteiger partial charge on any atom is -0.494 e. The first-order chi connectivity index (χ1) is 12.2. The molecule has 1 N–H and O–H groups in total. The van der Waals surface area contributed by atoms with Crippen LogP contribution in [0.3, 0.4) is 0 Å². The Labute approximate surface area is 145 Å². The van der Waals surface area contributed by atoms with Crippen molar-refractivity contribution < 1.29 is 13.9 Å². The fourth-order valence-corrected chi connectivity index (χ4v) is 2.19. The second-order valence-electron chi connectivity index (χ2n) is 5.22. The lowest BCUT2D eigenvalue weighted by Gasteiger charge is -2.06. The fraction of sp³-hybridized carbons (Fsp3) is 0.222. The number of aromatic nitrogens is 3. The highest BCUT2D eigenvalue weighted by Crippen LogP contribution is 2.17. The molecule has 0 saturated carbocycles. The predicted octanol–water partition coefficient (Wildman–Crippen LogP) is 3.10. The van der Waals surface area contributed by atoms with E-state index in [-0.39, 0.29) is 12.3 Å². The zero-order valence-corrected chi connectivity index (χ0v) is 13.8. The van der Waals surface area contributed by atoms with Gasteiger partial charge in [0.2, 0.25) is 11.8 Å². The summed E-state index contributed by atoms with van der Waals surface area (Å²) in [5.41, 5.74) is 1.33. The summed E-state index contributed by atoms with van der Waals surface area (Å²) in [5, 5.41) is 10.7. The third-order valence-electron chi connectivity index (χ3n) is 3.37. The zero-order valence-electron chi connectivity index (χ0n) is 13.8. The maximum Gasteiger partial charge on any atom is 0.266 e. The molecular weight excluding hydrogens is 320 g/mol. The number of nitrogens with one attached hydrogen (secondary N) is 1. The van der Waals surface area contributed by atoms with Crippen molar-refractivity contribution in [1.82, 2.24) is 15.2 Å². The van der Waals surface area contributed by atoms with Crippen LogP contribution in [-0.4, -0.2) is 27.7 Å². The van der Waals surface area contributed by atoms with Crippen LogP contribution in [0.1, 0.15) is 19.2 Å². The lowest BCUT2D eigenvalue weighted by Crippen LogP contribution is -2.12. The van der Waals surface area contributed by atoms with Gasteiger partial charge in [-0.15, -0.1) is 10.2 Å². The molecule has 0 radical (unpaired) electrons. The number of benzene rings is 1. The number of nitrogens with zero attached hydrogens (tertiary/aromatic N) is 3. The number of hydrogen-bond donors (Lipinski definition) is 1. The summed E-state index contributed by atoms with van der Waals surface area (Å²) >= 11 is 0. The van der Waals surface area contributed by atoms with Crippen molar-refractivity contribution in [3.63, 3.8) is 0 Å². The van der Waals surface area contributed by atoms with Crippen LogP contribution in [0.5, 0.6) is 5.75 Å². The molecule has 3 rings (SSSR count). The number of ether oxygens (including phenoxy) is 1. The molecule has 7 nitrogen and oxygen atoms in total. The Morgan fingerprint density at radius 1 is 1.16 bits per heavy atom. The smallest absolute Gasteiger partial charge is 0.266 e. The highest BCUT2D eigenvalue weighted by Gasteiger charge is 2.11. The van der Waals surface area contributed by atoms with Crippen LogP contribution in [0.4, 0.5) is 5.69 Å². The molecule has 0 aliphatic rings. The number of amides is 1. The van der Waals surface area contributed by atoms with Crippen molar-refractivity contribution in [3.05, 3.63) is 54.6 Å². The summed E-state index contributed by atoms with van der Waals surface area (Å²) in [7, 11) is 0. The second kappa shape index (κ2) is 8.05. The third kappa shape index (κ3) is 4.63. The van der Waals surface area contributed by atoms with Crippen LogP contribution in [0.25, 0.3) is 11.6 Å². The van der Waals surface area contributed by atoms with Gasteiger partial charge in [-0.05, 0) is 43.3 Å². The van der Waals surface area contributed by atoms with Gasteiger partial charge in [-0.25, -0.2) is 0 Å². The predicted molar refractivity (Wildman–Crippen MR) is 92.1 cm³/mol. The third-order valence-corrected chi connectivity index (χ3v) is 3.37. The summed E-state index contributed by atoms with van der Waals surface area (Å²) < 4.78 is 10.9. The highest BCUT2D eigenvalue weighted by atomic mass is 16.5. The van der Waals surface area contributed by atoms with Crippen LogP contribution >= 0.6 is 0 Å². The van der Waals surface area contributed by atoms with Gasteiger partial charge >= 0.3 is 0 Å². The molecule has 2 heterocycles. The molecular formula is C18H18N4O3. The lowest BCUT2D eigenvalue weighted by atomic mass is 10.2. The van der Waals surface area contributed by atoms with Crippen molar-refractivity contribution in [2.75, 3.05) is 11.9 Å². The van der Waals surface area contributed by atoms with Crippen LogP contribution in [0.15, 0.2) is 53.1 Å². The molecule has 0 aliphatic carbocycles. The van der Waals surface area contributed by atoms with Crippen molar-refractivity contribution in [2.24, 2.45) is 0 Å². The van der Waals surface area contributed by atoms with E-state index in [2.05, 4.69) is 20.5 Å². The van der Waals surface area contributed by atoms with E-state index >= 15 is 0 Å². The lowest BCUT2D eigenvalue weighted by molar-refractivity contribution is -0.116. The Bertz CT molecular complexity index is 816. The van der Waals surface area contributed by atoms with E-state index in [4.69, 9.17) is 9.15 Å². The van der Waals surface area contributed by atoms with E-state index in [1.54, 1.807) is 24.4 Å². The van der Waals surface area contributed by atoms with Crippen molar-refractivity contribution in [2.45, 2.75) is 19.8 Å². The number of carbonyl (C=O) groups is 1. The van der Waals surface area contributed by atoms with Gasteiger partial charge in [0, 0.05) is 24.7 Å². The van der Waals surface area contributed by atoms with Crippen molar-refractivity contribution >= 4 is 11.6 Å². The topological polar surface area (TPSA) is 90.1 Å². The first kappa shape index (κ1) is 16.6. The van der Waals surface area contributed by atoms with Crippen LogP contribution < -0.4 is 10.1 Å². The molecule has 3 aromatic rings. The van der Waals surface area contributed by atoms with Gasteiger partial charge in [0.05, 0.1) is 6.61 Å². The normalized spacial score (nSPS) is 10.4. The molecule has 1 amide bonds. The Hall–Kier alpha value is -3.22. The summed E-state index contributed by atoms with van der Waals surface area (Å²) in [4.78, 5) is 16.2. The Morgan fingerprint density at radius 2 is 2.00 bits per heavy atom. The van der Waals surface area contributed by atoms with Crippen LogP contribution in [0, 0.1) is 0 Å². The minimum atomic E-state index is -0.123. The molecule has 7 heteroatoms. The van der Waals surface area contributed by atoms with E-state index < -0.39 is 0 Å². The van der Waals surface area contributed by atoms with Gasteiger partial charge in [-0.1, -0.05) is 6.07 Å². The minimum absolute atomic E-state index is 0.123.